The maximum absolute atomic E-state index is 12.0. The summed E-state index contributed by atoms with van der Waals surface area (Å²) in [6.45, 7) is 2.07. The highest BCUT2D eigenvalue weighted by Gasteiger charge is 2.16. The number of nitrogens with zero attached hydrogens (tertiary/aromatic N) is 2. The summed E-state index contributed by atoms with van der Waals surface area (Å²) < 4.78 is 1.84. The molecular formula is C18H17N4O2S+. The Morgan fingerprint density at radius 1 is 1.28 bits per heavy atom. The first-order valence-corrected chi connectivity index (χ1v) is 8.61. The molecule has 0 aliphatic heterocycles. The van der Waals surface area contributed by atoms with Crippen LogP contribution in [0.25, 0.3) is 5.82 Å². The molecule has 3 aromatic rings. The van der Waals surface area contributed by atoms with Gasteiger partial charge in [0.05, 0.1) is 18.6 Å². The molecule has 0 unspecified atom stereocenters. The average Bonchev–Trinajstić information content (AvgIpc) is 3.03. The molecule has 3 rings (SSSR count). The van der Waals surface area contributed by atoms with Crippen molar-refractivity contribution in [1.29, 1.82) is 0 Å². The minimum absolute atomic E-state index is 0.180. The zero-order valence-electron chi connectivity index (χ0n) is 13.6. The van der Waals surface area contributed by atoms with E-state index in [9.17, 15) is 9.59 Å². The number of nitrogens with one attached hydrogen (secondary N) is 2. The monoisotopic (exact) mass is 353 g/mol. The lowest BCUT2D eigenvalue weighted by atomic mass is 10.2. The molecule has 0 aliphatic carbocycles. The molecule has 0 radical (unpaired) electrons. The van der Waals surface area contributed by atoms with Crippen molar-refractivity contribution in [2.24, 2.45) is 5.10 Å². The van der Waals surface area contributed by atoms with Gasteiger partial charge in [0.25, 0.3) is 5.91 Å². The second-order valence-electron chi connectivity index (χ2n) is 5.27. The van der Waals surface area contributed by atoms with Crippen molar-refractivity contribution in [2.45, 2.75) is 13.3 Å². The second-order valence-corrected chi connectivity index (χ2v) is 6.28. The van der Waals surface area contributed by atoms with Gasteiger partial charge in [-0.15, -0.1) is 0 Å². The molecule has 1 amide bonds. The molecule has 6 nitrogen and oxygen atoms in total. The number of benzene rings is 1. The molecule has 0 aliphatic rings. The number of thiazole rings is 1. The van der Waals surface area contributed by atoms with Crippen LogP contribution in [0, 0.1) is 0 Å². The zero-order chi connectivity index (χ0) is 17.6. The number of aromatic nitrogens is 2. The fraction of sp³-hybridized carbons (Fsp3) is 0.111. The third kappa shape index (κ3) is 4.07. The SMILES string of the molecule is CCc1ccc[n+](-c2[nH]c(=O)sc2C=NNC(=O)c2ccccc2)c1. The number of hydrogen-bond donors (Lipinski definition) is 2. The van der Waals surface area contributed by atoms with Crippen molar-refractivity contribution in [2.75, 3.05) is 0 Å². The summed E-state index contributed by atoms with van der Waals surface area (Å²) in [5.74, 6) is 0.324. The van der Waals surface area contributed by atoms with Gasteiger partial charge < -0.3 is 0 Å². The van der Waals surface area contributed by atoms with E-state index in [-0.39, 0.29) is 10.8 Å². The molecular weight excluding hydrogens is 336 g/mol. The lowest BCUT2D eigenvalue weighted by Gasteiger charge is -2.00. The molecule has 7 heteroatoms. The third-order valence-electron chi connectivity index (χ3n) is 3.57. The quantitative estimate of drug-likeness (QED) is 0.418. The van der Waals surface area contributed by atoms with Gasteiger partial charge in [-0.3, -0.25) is 4.79 Å². The summed E-state index contributed by atoms with van der Waals surface area (Å²) in [6.07, 6.45) is 6.19. The number of aromatic amines is 1. The minimum Gasteiger partial charge on any atom is -0.267 e. The summed E-state index contributed by atoms with van der Waals surface area (Å²) >= 11 is 1.04. The minimum atomic E-state index is -0.304. The van der Waals surface area contributed by atoms with Gasteiger partial charge in [-0.2, -0.15) is 10.1 Å². The van der Waals surface area contributed by atoms with E-state index in [0.29, 0.717) is 16.3 Å². The number of rotatable bonds is 5. The van der Waals surface area contributed by atoms with Gasteiger partial charge in [0, 0.05) is 5.56 Å². The largest absolute Gasteiger partial charge is 0.390 e. The second kappa shape index (κ2) is 7.67. The summed E-state index contributed by atoms with van der Waals surface area (Å²) in [6, 6.07) is 12.8. The highest BCUT2D eigenvalue weighted by atomic mass is 32.1. The van der Waals surface area contributed by atoms with Crippen LogP contribution in [-0.2, 0) is 6.42 Å². The van der Waals surface area contributed by atoms with E-state index in [4.69, 9.17) is 0 Å². The normalized spacial score (nSPS) is 10.9. The van der Waals surface area contributed by atoms with Gasteiger partial charge in [0.2, 0.25) is 0 Å². The number of aryl methyl sites for hydroxylation is 1. The first kappa shape index (κ1) is 16.8. The van der Waals surface area contributed by atoms with Crippen molar-refractivity contribution in [3.8, 4) is 5.82 Å². The Hall–Kier alpha value is -3.06. The van der Waals surface area contributed by atoms with Crippen LogP contribution in [-0.4, -0.2) is 17.1 Å². The number of carbonyl (C=O) groups excluding carboxylic acids is 1. The van der Waals surface area contributed by atoms with Gasteiger partial charge in [0.15, 0.2) is 0 Å². The Bertz CT molecular complexity index is 960. The maximum Gasteiger partial charge on any atom is 0.390 e. The summed E-state index contributed by atoms with van der Waals surface area (Å²) in [4.78, 5) is 27.0. The molecule has 1 aromatic carbocycles. The van der Waals surface area contributed by atoms with E-state index >= 15 is 0 Å². The molecule has 126 valence electrons. The molecule has 0 atom stereocenters. The van der Waals surface area contributed by atoms with Gasteiger partial charge in [-0.05, 0) is 41.5 Å². The maximum atomic E-state index is 12.0. The van der Waals surface area contributed by atoms with Crippen molar-refractivity contribution in [1.82, 2.24) is 10.4 Å². The topological polar surface area (TPSA) is 78.2 Å². The molecule has 0 saturated carbocycles. The Balaban J connectivity index is 1.81. The highest BCUT2D eigenvalue weighted by molar-refractivity contribution is 7.11. The van der Waals surface area contributed by atoms with Crippen LogP contribution in [0.4, 0.5) is 0 Å². The summed E-state index contributed by atoms with van der Waals surface area (Å²) in [5, 5.41) is 3.97. The Kier molecular flexibility index (Phi) is 5.15. The fourth-order valence-corrected chi connectivity index (χ4v) is 2.99. The Morgan fingerprint density at radius 2 is 2.08 bits per heavy atom. The van der Waals surface area contributed by atoms with E-state index in [2.05, 4.69) is 22.4 Å². The molecule has 0 fully saturated rings. The van der Waals surface area contributed by atoms with Crippen LogP contribution in [0.15, 0.2) is 64.8 Å². The first-order chi connectivity index (χ1) is 12.2. The lowest BCUT2D eigenvalue weighted by molar-refractivity contribution is -0.599. The Labute approximate surface area is 148 Å². The molecule has 2 N–H and O–H groups in total. The first-order valence-electron chi connectivity index (χ1n) is 7.79. The summed E-state index contributed by atoms with van der Waals surface area (Å²) in [5.41, 5.74) is 4.14. The van der Waals surface area contributed by atoms with Crippen molar-refractivity contribution >= 4 is 23.5 Å². The van der Waals surface area contributed by atoms with E-state index in [0.717, 1.165) is 23.3 Å². The molecule has 0 spiro atoms. The van der Waals surface area contributed by atoms with Gasteiger partial charge in [-0.25, -0.2) is 14.8 Å². The van der Waals surface area contributed by atoms with E-state index in [1.165, 1.54) is 6.21 Å². The number of amides is 1. The van der Waals surface area contributed by atoms with Crippen LogP contribution < -0.4 is 14.9 Å². The molecule has 2 aromatic heterocycles. The van der Waals surface area contributed by atoms with Crippen LogP contribution in [0.3, 0.4) is 0 Å². The van der Waals surface area contributed by atoms with E-state index in [1.54, 1.807) is 24.3 Å². The van der Waals surface area contributed by atoms with Crippen LogP contribution in [0.5, 0.6) is 0 Å². The third-order valence-corrected chi connectivity index (χ3v) is 4.37. The van der Waals surface area contributed by atoms with Crippen LogP contribution >= 0.6 is 11.3 Å². The standard InChI is InChI=1S/C18H16N4O2S/c1-2-13-7-6-10-22(12-13)16-15(25-18(24)20-16)11-19-21-17(23)14-8-4-3-5-9-14/h3-12H,2H2,1H3,(H-,19,20,21,23,24)/p+1. The van der Waals surface area contributed by atoms with Crippen molar-refractivity contribution < 1.29 is 9.36 Å². The van der Waals surface area contributed by atoms with E-state index in [1.807, 2.05) is 35.2 Å². The summed E-state index contributed by atoms with van der Waals surface area (Å²) in [7, 11) is 0. The van der Waals surface area contributed by atoms with Crippen molar-refractivity contribution in [3.63, 3.8) is 0 Å². The Morgan fingerprint density at radius 3 is 2.84 bits per heavy atom. The molecule has 0 bridgehead atoms. The van der Waals surface area contributed by atoms with Crippen LogP contribution in [0.1, 0.15) is 27.7 Å². The predicted octanol–water partition coefficient (Wildman–Crippen LogP) is 2.04. The fourth-order valence-electron chi connectivity index (χ4n) is 2.29. The van der Waals surface area contributed by atoms with E-state index < -0.39 is 0 Å². The van der Waals surface area contributed by atoms with Gasteiger partial charge in [0.1, 0.15) is 4.88 Å². The number of carbonyl (C=O) groups is 1. The average molecular weight is 353 g/mol. The number of pyridine rings is 1. The number of hydrazone groups is 1. The lowest BCUT2D eigenvalue weighted by Crippen LogP contribution is -2.32. The van der Waals surface area contributed by atoms with Crippen molar-refractivity contribution in [3.05, 3.63) is 80.5 Å². The molecule has 2 heterocycles. The van der Waals surface area contributed by atoms with Gasteiger partial charge >= 0.3 is 10.7 Å². The predicted molar refractivity (Wildman–Crippen MR) is 97.4 cm³/mol. The van der Waals surface area contributed by atoms with Gasteiger partial charge in [-0.1, -0.05) is 31.2 Å². The van der Waals surface area contributed by atoms with Crippen LogP contribution in [0.2, 0.25) is 0 Å². The smallest absolute Gasteiger partial charge is 0.267 e. The highest BCUT2D eigenvalue weighted by Crippen LogP contribution is 2.07. The number of H-pyrrole nitrogens is 1. The number of hydrogen-bond acceptors (Lipinski definition) is 4. The zero-order valence-corrected chi connectivity index (χ0v) is 14.4. The molecule has 0 saturated heterocycles. The molecule has 25 heavy (non-hydrogen) atoms.